The highest BCUT2D eigenvalue weighted by Gasteiger charge is 2.24. The zero-order valence-corrected chi connectivity index (χ0v) is 12.3. The predicted molar refractivity (Wildman–Crippen MR) is 75.1 cm³/mol. The minimum Gasteiger partial charge on any atom is -0.497 e. The summed E-state index contributed by atoms with van der Waals surface area (Å²) in [5.41, 5.74) is 1.19. The van der Waals surface area contributed by atoms with E-state index in [1.54, 1.807) is 7.11 Å². The fraction of sp³-hybridized carbons (Fsp3) is 0.533. The molecule has 0 radical (unpaired) electrons. The van der Waals surface area contributed by atoms with Gasteiger partial charge >= 0.3 is 5.97 Å². The standard InChI is InChI=1S/C15H23NO3/c1-11(15(17)19-5)12(2)16(3)10-13-6-8-14(18-4)9-7-13/h6-9,11-12H,10H2,1-5H3. The van der Waals surface area contributed by atoms with Crippen molar-refractivity contribution in [2.75, 3.05) is 21.3 Å². The van der Waals surface area contributed by atoms with E-state index in [-0.39, 0.29) is 17.9 Å². The highest BCUT2D eigenvalue weighted by molar-refractivity contribution is 5.72. The smallest absolute Gasteiger partial charge is 0.309 e. The maximum absolute atomic E-state index is 11.5. The molecule has 2 atom stereocenters. The molecule has 0 aromatic heterocycles. The molecule has 4 nitrogen and oxygen atoms in total. The summed E-state index contributed by atoms with van der Waals surface area (Å²) >= 11 is 0. The second-order valence-electron chi connectivity index (χ2n) is 4.82. The Morgan fingerprint density at radius 1 is 1.21 bits per heavy atom. The molecule has 0 aliphatic carbocycles. The van der Waals surface area contributed by atoms with E-state index < -0.39 is 0 Å². The summed E-state index contributed by atoms with van der Waals surface area (Å²) in [7, 11) is 5.09. The maximum Gasteiger partial charge on any atom is 0.309 e. The zero-order valence-electron chi connectivity index (χ0n) is 12.3. The summed E-state index contributed by atoms with van der Waals surface area (Å²) in [4.78, 5) is 13.7. The third-order valence-corrected chi connectivity index (χ3v) is 3.58. The van der Waals surface area contributed by atoms with Crippen molar-refractivity contribution in [1.29, 1.82) is 0 Å². The number of carbonyl (C=O) groups excluding carboxylic acids is 1. The van der Waals surface area contributed by atoms with Gasteiger partial charge in [-0.2, -0.15) is 0 Å². The lowest BCUT2D eigenvalue weighted by Gasteiger charge is -2.28. The number of nitrogens with zero attached hydrogens (tertiary/aromatic N) is 1. The Hall–Kier alpha value is -1.55. The SMILES string of the molecule is COC(=O)C(C)C(C)N(C)Cc1ccc(OC)cc1. The van der Waals surface area contributed by atoms with E-state index in [2.05, 4.69) is 4.90 Å². The van der Waals surface area contributed by atoms with E-state index in [0.717, 1.165) is 12.3 Å². The molecular formula is C15H23NO3. The summed E-state index contributed by atoms with van der Waals surface area (Å²) in [5, 5.41) is 0. The van der Waals surface area contributed by atoms with E-state index in [4.69, 9.17) is 9.47 Å². The maximum atomic E-state index is 11.5. The summed E-state index contributed by atoms with van der Waals surface area (Å²) in [5.74, 6) is 0.532. The minimum absolute atomic E-state index is 0.120. The molecule has 0 saturated heterocycles. The molecule has 0 fully saturated rings. The molecule has 1 aromatic rings. The number of hydrogen-bond donors (Lipinski definition) is 0. The second-order valence-corrected chi connectivity index (χ2v) is 4.82. The monoisotopic (exact) mass is 265 g/mol. The summed E-state index contributed by atoms with van der Waals surface area (Å²) in [6.45, 7) is 4.71. The van der Waals surface area contributed by atoms with E-state index in [9.17, 15) is 4.79 Å². The average molecular weight is 265 g/mol. The van der Waals surface area contributed by atoms with Crippen LogP contribution >= 0.6 is 0 Å². The van der Waals surface area contributed by atoms with Gasteiger partial charge in [0.05, 0.1) is 20.1 Å². The first kappa shape index (κ1) is 15.5. The third kappa shape index (κ3) is 4.24. The predicted octanol–water partition coefficient (Wildman–Crippen LogP) is 2.32. The van der Waals surface area contributed by atoms with Crippen molar-refractivity contribution in [2.24, 2.45) is 5.92 Å². The number of carbonyl (C=O) groups is 1. The highest BCUT2D eigenvalue weighted by Crippen LogP contribution is 2.16. The van der Waals surface area contributed by atoms with Crippen LogP contribution in [0.5, 0.6) is 5.75 Å². The summed E-state index contributed by atoms with van der Waals surface area (Å²) in [6, 6.07) is 8.07. The first-order valence-corrected chi connectivity index (χ1v) is 6.40. The fourth-order valence-electron chi connectivity index (χ4n) is 1.93. The van der Waals surface area contributed by atoms with Crippen LogP contribution in [0.1, 0.15) is 19.4 Å². The quantitative estimate of drug-likeness (QED) is 0.740. The van der Waals surface area contributed by atoms with Crippen molar-refractivity contribution < 1.29 is 14.3 Å². The summed E-state index contributed by atoms with van der Waals surface area (Å²) in [6.07, 6.45) is 0. The van der Waals surface area contributed by atoms with Crippen LogP contribution in [0, 0.1) is 5.92 Å². The fourth-order valence-corrected chi connectivity index (χ4v) is 1.93. The molecule has 4 heteroatoms. The molecule has 0 spiro atoms. The van der Waals surface area contributed by atoms with Crippen molar-refractivity contribution >= 4 is 5.97 Å². The topological polar surface area (TPSA) is 38.8 Å². The molecule has 19 heavy (non-hydrogen) atoms. The van der Waals surface area contributed by atoms with Gasteiger partial charge in [-0.05, 0) is 31.7 Å². The Labute approximate surface area is 115 Å². The number of benzene rings is 1. The van der Waals surface area contributed by atoms with Crippen LogP contribution in [0.15, 0.2) is 24.3 Å². The number of rotatable bonds is 6. The van der Waals surface area contributed by atoms with Gasteiger partial charge in [-0.25, -0.2) is 0 Å². The number of ether oxygens (including phenoxy) is 2. The Kier molecular flexibility index (Phi) is 5.83. The number of methoxy groups -OCH3 is 2. The average Bonchev–Trinajstić information content (AvgIpc) is 2.45. The lowest BCUT2D eigenvalue weighted by Crippen LogP contribution is -2.37. The van der Waals surface area contributed by atoms with Crippen LogP contribution in [-0.2, 0) is 16.1 Å². The van der Waals surface area contributed by atoms with Crippen LogP contribution in [0.4, 0.5) is 0 Å². The Bertz CT molecular complexity index is 402. The van der Waals surface area contributed by atoms with Crippen molar-refractivity contribution in [3.05, 3.63) is 29.8 Å². The largest absolute Gasteiger partial charge is 0.497 e. The molecule has 0 aliphatic heterocycles. The van der Waals surface area contributed by atoms with Crippen LogP contribution < -0.4 is 4.74 Å². The molecule has 0 N–H and O–H groups in total. The van der Waals surface area contributed by atoms with Gasteiger partial charge in [0.2, 0.25) is 0 Å². The van der Waals surface area contributed by atoms with Crippen molar-refractivity contribution in [1.82, 2.24) is 4.90 Å². The van der Waals surface area contributed by atoms with Gasteiger partial charge in [0.25, 0.3) is 0 Å². The van der Waals surface area contributed by atoms with Gasteiger partial charge < -0.3 is 9.47 Å². The van der Waals surface area contributed by atoms with Gasteiger partial charge in [-0.15, -0.1) is 0 Å². The van der Waals surface area contributed by atoms with Crippen molar-refractivity contribution in [2.45, 2.75) is 26.4 Å². The molecule has 106 valence electrons. The van der Waals surface area contributed by atoms with E-state index >= 15 is 0 Å². The number of hydrogen-bond acceptors (Lipinski definition) is 4. The minimum atomic E-state index is -0.172. The Balaban J connectivity index is 2.62. The molecule has 0 amide bonds. The van der Waals surface area contributed by atoms with Crippen LogP contribution in [0.2, 0.25) is 0 Å². The Morgan fingerprint density at radius 3 is 2.26 bits per heavy atom. The van der Waals surface area contributed by atoms with Gasteiger partial charge in [0.1, 0.15) is 5.75 Å². The van der Waals surface area contributed by atoms with Crippen molar-refractivity contribution in [3.63, 3.8) is 0 Å². The molecule has 0 bridgehead atoms. The normalized spacial score (nSPS) is 14.0. The van der Waals surface area contributed by atoms with Gasteiger partial charge in [0, 0.05) is 12.6 Å². The molecule has 0 aliphatic rings. The van der Waals surface area contributed by atoms with Gasteiger partial charge in [0.15, 0.2) is 0 Å². The van der Waals surface area contributed by atoms with Crippen LogP contribution in [-0.4, -0.2) is 38.2 Å². The first-order valence-electron chi connectivity index (χ1n) is 6.40. The Morgan fingerprint density at radius 2 is 1.79 bits per heavy atom. The van der Waals surface area contributed by atoms with Crippen molar-refractivity contribution in [3.8, 4) is 5.75 Å². The molecule has 2 unspecified atom stereocenters. The third-order valence-electron chi connectivity index (χ3n) is 3.58. The second kappa shape index (κ2) is 7.14. The lowest BCUT2D eigenvalue weighted by atomic mass is 10.0. The van der Waals surface area contributed by atoms with E-state index in [1.165, 1.54) is 12.7 Å². The molecular weight excluding hydrogens is 242 g/mol. The van der Waals surface area contributed by atoms with E-state index in [1.807, 2.05) is 45.2 Å². The zero-order chi connectivity index (χ0) is 14.4. The summed E-state index contributed by atoms with van der Waals surface area (Å²) < 4.78 is 9.91. The molecule has 1 aromatic carbocycles. The van der Waals surface area contributed by atoms with Gasteiger partial charge in [-0.3, -0.25) is 9.69 Å². The van der Waals surface area contributed by atoms with Crippen LogP contribution in [0.25, 0.3) is 0 Å². The molecule has 1 rings (SSSR count). The molecule has 0 heterocycles. The molecule has 0 saturated carbocycles. The van der Waals surface area contributed by atoms with E-state index in [0.29, 0.717) is 0 Å². The van der Waals surface area contributed by atoms with Crippen LogP contribution in [0.3, 0.4) is 0 Å². The highest BCUT2D eigenvalue weighted by atomic mass is 16.5. The first-order chi connectivity index (χ1) is 8.99. The van der Waals surface area contributed by atoms with Gasteiger partial charge in [-0.1, -0.05) is 19.1 Å². The number of esters is 1. The lowest BCUT2D eigenvalue weighted by molar-refractivity contribution is -0.146.